The Labute approximate surface area is 172 Å². The summed E-state index contributed by atoms with van der Waals surface area (Å²) in [5.74, 6) is 1.60. The minimum Gasteiger partial charge on any atom is -0.394 e. The van der Waals surface area contributed by atoms with Crippen LogP contribution in [0.3, 0.4) is 0 Å². The average Bonchev–Trinajstić information content (AvgIpc) is 3.34. The fourth-order valence-electron chi connectivity index (χ4n) is 3.75. The van der Waals surface area contributed by atoms with Crippen molar-refractivity contribution in [2.45, 2.75) is 37.8 Å². The topological polar surface area (TPSA) is 86.5 Å². The number of halogens is 1. The van der Waals surface area contributed by atoms with Crippen molar-refractivity contribution >= 4 is 38.9 Å². The standard InChI is InChI=1S/C20H25BrN6O/c1-22-15-6-4-14(5-7-15)11-23-18-10-17(25-19-16(21)12-24-27(18)19)26-20(13-28)8-2-3-9-20/h4-7,10,12,22-23,28H,2-3,8-9,11,13H2,1H3,(H,25,26). The van der Waals surface area contributed by atoms with Gasteiger partial charge in [-0.2, -0.15) is 9.61 Å². The van der Waals surface area contributed by atoms with Crippen LogP contribution in [-0.2, 0) is 6.54 Å². The Balaban J connectivity index is 1.60. The van der Waals surface area contributed by atoms with Crippen LogP contribution in [0.15, 0.2) is 41.0 Å². The summed E-state index contributed by atoms with van der Waals surface area (Å²) in [7, 11) is 1.91. The third-order valence-corrected chi connectivity index (χ3v) is 5.96. The van der Waals surface area contributed by atoms with E-state index in [1.807, 2.05) is 13.1 Å². The van der Waals surface area contributed by atoms with Crippen molar-refractivity contribution in [3.63, 3.8) is 0 Å². The summed E-state index contributed by atoms with van der Waals surface area (Å²) in [6, 6.07) is 10.3. The van der Waals surface area contributed by atoms with Crippen molar-refractivity contribution in [3.8, 4) is 0 Å². The molecule has 2 aromatic heterocycles. The molecule has 0 amide bonds. The summed E-state index contributed by atoms with van der Waals surface area (Å²) >= 11 is 3.53. The lowest BCUT2D eigenvalue weighted by Gasteiger charge is -2.29. The maximum absolute atomic E-state index is 9.93. The number of fused-ring (bicyclic) bond motifs is 1. The Bertz CT molecular complexity index is 949. The van der Waals surface area contributed by atoms with Gasteiger partial charge in [0.2, 0.25) is 0 Å². The van der Waals surface area contributed by atoms with Crippen LogP contribution in [-0.4, -0.2) is 38.9 Å². The van der Waals surface area contributed by atoms with E-state index in [9.17, 15) is 5.11 Å². The van der Waals surface area contributed by atoms with Gasteiger partial charge in [-0.05, 0) is 46.5 Å². The molecule has 1 fully saturated rings. The lowest BCUT2D eigenvalue weighted by atomic mass is 9.99. The summed E-state index contributed by atoms with van der Waals surface area (Å²) in [6.45, 7) is 0.784. The van der Waals surface area contributed by atoms with Crippen molar-refractivity contribution in [2.24, 2.45) is 0 Å². The number of nitrogens with zero attached hydrogens (tertiary/aromatic N) is 3. The Morgan fingerprint density at radius 2 is 1.96 bits per heavy atom. The highest BCUT2D eigenvalue weighted by atomic mass is 79.9. The molecule has 0 spiro atoms. The van der Waals surface area contributed by atoms with Crippen LogP contribution < -0.4 is 16.0 Å². The molecule has 1 saturated carbocycles. The Morgan fingerprint density at radius 3 is 2.64 bits per heavy atom. The maximum atomic E-state index is 9.93. The van der Waals surface area contributed by atoms with E-state index in [1.54, 1.807) is 10.7 Å². The van der Waals surface area contributed by atoms with Gasteiger partial charge in [0.25, 0.3) is 0 Å². The van der Waals surface area contributed by atoms with Gasteiger partial charge in [-0.15, -0.1) is 0 Å². The van der Waals surface area contributed by atoms with Gasteiger partial charge in [-0.25, -0.2) is 4.98 Å². The molecule has 4 rings (SSSR count). The molecule has 1 aliphatic carbocycles. The zero-order valence-electron chi connectivity index (χ0n) is 15.9. The summed E-state index contributed by atoms with van der Waals surface area (Å²) in [5.41, 5.74) is 2.72. The van der Waals surface area contributed by atoms with Gasteiger partial charge >= 0.3 is 0 Å². The van der Waals surface area contributed by atoms with Gasteiger partial charge < -0.3 is 21.1 Å². The Morgan fingerprint density at radius 1 is 1.21 bits per heavy atom. The predicted octanol–water partition coefficient (Wildman–Crippen LogP) is 3.86. The minimum absolute atomic E-state index is 0.112. The molecular weight excluding hydrogens is 420 g/mol. The molecule has 0 saturated heterocycles. The highest BCUT2D eigenvalue weighted by molar-refractivity contribution is 9.10. The zero-order valence-corrected chi connectivity index (χ0v) is 17.5. The number of benzene rings is 1. The molecule has 0 unspecified atom stereocenters. The largest absolute Gasteiger partial charge is 0.394 e. The van der Waals surface area contributed by atoms with E-state index in [0.29, 0.717) is 6.54 Å². The summed E-state index contributed by atoms with van der Waals surface area (Å²) in [6.07, 6.45) is 5.91. The highest BCUT2D eigenvalue weighted by Gasteiger charge is 2.33. The van der Waals surface area contributed by atoms with Crippen molar-refractivity contribution in [1.82, 2.24) is 14.6 Å². The van der Waals surface area contributed by atoms with Gasteiger partial charge in [0.05, 0.1) is 22.8 Å². The van der Waals surface area contributed by atoms with E-state index in [0.717, 1.165) is 53.1 Å². The first-order valence-corrected chi connectivity index (χ1v) is 10.4. The minimum atomic E-state index is -0.280. The van der Waals surface area contributed by atoms with Crippen molar-refractivity contribution in [1.29, 1.82) is 0 Å². The van der Waals surface area contributed by atoms with Gasteiger partial charge in [0.1, 0.15) is 11.6 Å². The van der Waals surface area contributed by atoms with E-state index in [1.165, 1.54) is 5.56 Å². The normalized spacial score (nSPS) is 15.7. The lowest BCUT2D eigenvalue weighted by molar-refractivity contribution is 0.214. The van der Waals surface area contributed by atoms with E-state index in [4.69, 9.17) is 4.98 Å². The predicted molar refractivity (Wildman–Crippen MR) is 116 cm³/mol. The Kier molecular flexibility index (Phi) is 5.41. The molecule has 7 nitrogen and oxygen atoms in total. The van der Waals surface area contributed by atoms with Crippen LogP contribution in [0.2, 0.25) is 0 Å². The van der Waals surface area contributed by atoms with Crippen LogP contribution in [0.25, 0.3) is 5.65 Å². The van der Waals surface area contributed by atoms with Gasteiger partial charge in [0, 0.05) is 25.3 Å². The number of rotatable bonds is 7. The number of hydrogen-bond donors (Lipinski definition) is 4. The van der Waals surface area contributed by atoms with Crippen LogP contribution in [0.5, 0.6) is 0 Å². The van der Waals surface area contributed by atoms with Crippen LogP contribution >= 0.6 is 15.9 Å². The molecule has 0 bridgehead atoms. The number of hydrogen-bond acceptors (Lipinski definition) is 6. The highest BCUT2D eigenvalue weighted by Crippen LogP contribution is 2.33. The molecule has 2 heterocycles. The fraction of sp³-hybridized carbons (Fsp3) is 0.400. The van der Waals surface area contributed by atoms with Crippen LogP contribution in [0.4, 0.5) is 17.3 Å². The molecule has 148 valence electrons. The van der Waals surface area contributed by atoms with Gasteiger partial charge in [-0.1, -0.05) is 25.0 Å². The Hall–Kier alpha value is -2.32. The molecule has 0 radical (unpaired) electrons. The van der Waals surface area contributed by atoms with Gasteiger partial charge in [-0.3, -0.25) is 0 Å². The number of aliphatic hydroxyl groups is 1. The molecule has 4 N–H and O–H groups in total. The van der Waals surface area contributed by atoms with E-state index in [-0.39, 0.29) is 12.1 Å². The maximum Gasteiger partial charge on any atom is 0.173 e. The van der Waals surface area contributed by atoms with E-state index in [2.05, 4.69) is 61.2 Å². The van der Waals surface area contributed by atoms with Crippen molar-refractivity contribution in [2.75, 3.05) is 29.6 Å². The first kappa shape index (κ1) is 19.0. The first-order chi connectivity index (χ1) is 13.6. The van der Waals surface area contributed by atoms with Crippen LogP contribution in [0.1, 0.15) is 31.2 Å². The second-order valence-corrected chi connectivity index (χ2v) is 8.18. The third-order valence-electron chi connectivity index (χ3n) is 5.40. The summed E-state index contributed by atoms with van der Waals surface area (Å²) < 4.78 is 2.62. The number of aromatic nitrogens is 3. The molecule has 28 heavy (non-hydrogen) atoms. The third kappa shape index (κ3) is 3.79. The quantitative estimate of drug-likeness (QED) is 0.442. The van der Waals surface area contributed by atoms with E-state index >= 15 is 0 Å². The molecule has 3 aromatic rings. The number of nitrogens with one attached hydrogen (secondary N) is 3. The summed E-state index contributed by atoms with van der Waals surface area (Å²) in [5, 5.41) is 24.4. The van der Waals surface area contributed by atoms with Gasteiger partial charge in [0.15, 0.2) is 5.65 Å². The lowest BCUT2D eigenvalue weighted by Crippen LogP contribution is -2.39. The first-order valence-electron chi connectivity index (χ1n) is 9.56. The molecule has 1 aromatic carbocycles. The van der Waals surface area contributed by atoms with Crippen molar-refractivity contribution < 1.29 is 5.11 Å². The molecular formula is C20H25BrN6O. The second-order valence-electron chi connectivity index (χ2n) is 7.33. The molecule has 1 aliphatic rings. The number of aliphatic hydroxyl groups excluding tert-OH is 1. The van der Waals surface area contributed by atoms with Crippen molar-refractivity contribution in [3.05, 3.63) is 46.6 Å². The smallest absolute Gasteiger partial charge is 0.173 e. The summed E-state index contributed by atoms with van der Waals surface area (Å²) in [4.78, 5) is 4.71. The second kappa shape index (κ2) is 7.97. The van der Waals surface area contributed by atoms with E-state index < -0.39 is 0 Å². The van der Waals surface area contributed by atoms with Crippen LogP contribution in [0, 0.1) is 0 Å². The monoisotopic (exact) mass is 444 g/mol. The zero-order chi connectivity index (χ0) is 19.6. The molecule has 0 atom stereocenters. The fourth-order valence-corrected chi connectivity index (χ4v) is 4.10. The SMILES string of the molecule is CNc1ccc(CNc2cc(NC3(CO)CCCC3)nc3c(Br)cnn23)cc1. The average molecular weight is 445 g/mol. The number of anilines is 3. The molecule has 8 heteroatoms. The molecule has 0 aliphatic heterocycles.